The molecule has 1 fully saturated rings. The van der Waals surface area contributed by atoms with E-state index in [4.69, 9.17) is 5.11 Å². The molecule has 2 rings (SSSR count). The molecule has 6 heteroatoms. The number of piperidine rings is 1. The Bertz CT molecular complexity index is 425. The van der Waals surface area contributed by atoms with Crippen molar-refractivity contribution in [2.24, 2.45) is 5.92 Å². The van der Waals surface area contributed by atoms with Crippen LogP contribution >= 0.6 is 11.3 Å². The van der Waals surface area contributed by atoms with Crippen molar-refractivity contribution in [3.63, 3.8) is 0 Å². The number of nitrogens with one attached hydrogen (secondary N) is 2. The number of hydrogen-bond acceptors (Lipinski definition) is 4. The fourth-order valence-corrected chi connectivity index (χ4v) is 3.39. The summed E-state index contributed by atoms with van der Waals surface area (Å²) in [6.07, 6.45) is 2.35. The fraction of sp³-hybridized carbons (Fsp3) is 0.667. The molecule has 1 aliphatic rings. The summed E-state index contributed by atoms with van der Waals surface area (Å²) in [4.78, 5) is 15.5. The maximum Gasteiger partial charge on any atom is 0.315 e. The number of hydrogen-bond donors (Lipinski definition) is 3. The second kappa shape index (κ2) is 8.36. The van der Waals surface area contributed by atoms with E-state index in [1.165, 1.54) is 11.3 Å². The number of carbonyl (C=O) groups excluding carboxylic acids is 1. The van der Waals surface area contributed by atoms with Gasteiger partial charge in [0.1, 0.15) is 0 Å². The van der Waals surface area contributed by atoms with E-state index < -0.39 is 0 Å². The van der Waals surface area contributed by atoms with Crippen LogP contribution in [0, 0.1) is 5.92 Å². The molecule has 0 bridgehead atoms. The van der Waals surface area contributed by atoms with Crippen LogP contribution in [0.25, 0.3) is 0 Å². The predicted molar refractivity (Wildman–Crippen MR) is 85.4 cm³/mol. The molecule has 0 spiro atoms. The molecule has 2 amide bonds. The van der Waals surface area contributed by atoms with Gasteiger partial charge in [-0.05, 0) is 43.7 Å². The smallest absolute Gasteiger partial charge is 0.315 e. The molecule has 0 radical (unpaired) electrons. The van der Waals surface area contributed by atoms with Crippen molar-refractivity contribution < 1.29 is 9.90 Å². The Kier molecular flexibility index (Phi) is 6.48. The lowest BCUT2D eigenvalue weighted by atomic mass is 9.98. The lowest BCUT2D eigenvalue weighted by molar-refractivity contribution is 0.165. The highest BCUT2D eigenvalue weighted by Crippen LogP contribution is 2.19. The number of amides is 2. The van der Waals surface area contributed by atoms with E-state index in [0.717, 1.165) is 26.1 Å². The second-order valence-electron chi connectivity index (χ2n) is 5.76. The zero-order valence-electron chi connectivity index (χ0n) is 12.5. The van der Waals surface area contributed by atoms with Crippen LogP contribution in [0.1, 0.15) is 24.6 Å². The molecule has 1 saturated heterocycles. The van der Waals surface area contributed by atoms with E-state index >= 15 is 0 Å². The van der Waals surface area contributed by atoms with Crippen LogP contribution < -0.4 is 10.6 Å². The van der Waals surface area contributed by atoms with E-state index in [-0.39, 0.29) is 18.7 Å². The highest BCUT2D eigenvalue weighted by Gasteiger charge is 2.20. The quantitative estimate of drug-likeness (QED) is 0.748. The van der Waals surface area contributed by atoms with Crippen LogP contribution in [-0.4, -0.2) is 48.3 Å². The Balaban J connectivity index is 1.70. The lowest BCUT2D eigenvalue weighted by Crippen LogP contribution is -2.46. The molecule has 0 aromatic carbocycles. The Morgan fingerprint density at radius 3 is 3.19 bits per heavy atom. The highest BCUT2D eigenvalue weighted by atomic mass is 32.1. The molecule has 2 atom stereocenters. The molecular weight excluding hydrogens is 286 g/mol. The molecule has 2 heterocycles. The summed E-state index contributed by atoms with van der Waals surface area (Å²) in [6.45, 7) is 5.64. The largest absolute Gasteiger partial charge is 0.394 e. The first-order valence-corrected chi connectivity index (χ1v) is 8.45. The fourth-order valence-electron chi connectivity index (χ4n) is 2.64. The highest BCUT2D eigenvalue weighted by molar-refractivity contribution is 7.09. The molecule has 118 valence electrons. The van der Waals surface area contributed by atoms with Gasteiger partial charge in [0, 0.05) is 24.5 Å². The van der Waals surface area contributed by atoms with Gasteiger partial charge in [0.2, 0.25) is 0 Å². The number of nitrogens with zero attached hydrogens (tertiary/aromatic N) is 1. The van der Waals surface area contributed by atoms with Gasteiger partial charge in [-0.25, -0.2) is 4.79 Å². The topological polar surface area (TPSA) is 64.6 Å². The number of aliphatic hydroxyl groups excluding tert-OH is 1. The van der Waals surface area contributed by atoms with Crippen molar-refractivity contribution in [2.75, 3.05) is 26.2 Å². The molecule has 1 aromatic rings. The number of urea groups is 1. The average Bonchev–Trinajstić information content (AvgIpc) is 2.98. The van der Waals surface area contributed by atoms with E-state index in [1.807, 2.05) is 0 Å². The maximum absolute atomic E-state index is 11.6. The van der Waals surface area contributed by atoms with Gasteiger partial charge in [0.05, 0.1) is 12.6 Å². The average molecular weight is 311 g/mol. The molecule has 3 N–H and O–H groups in total. The van der Waals surface area contributed by atoms with Gasteiger partial charge in [0.15, 0.2) is 0 Å². The van der Waals surface area contributed by atoms with Crippen LogP contribution in [0.2, 0.25) is 0 Å². The molecule has 1 unspecified atom stereocenters. The summed E-state index contributed by atoms with van der Waals surface area (Å²) in [5, 5.41) is 16.6. The molecule has 0 saturated carbocycles. The predicted octanol–water partition coefficient (Wildman–Crippen LogP) is 1.64. The van der Waals surface area contributed by atoms with Crippen molar-refractivity contribution in [1.29, 1.82) is 0 Å². The summed E-state index contributed by atoms with van der Waals surface area (Å²) < 4.78 is 0. The Morgan fingerprint density at radius 1 is 1.62 bits per heavy atom. The summed E-state index contributed by atoms with van der Waals surface area (Å²) >= 11 is 1.80. The maximum atomic E-state index is 11.6. The molecule has 5 nitrogen and oxygen atoms in total. The normalized spacial score (nSPS) is 21.0. The van der Waals surface area contributed by atoms with E-state index in [1.54, 1.807) is 18.3 Å². The standard InChI is InChI=1S/C15H25N3O2S/c1-12(11-19)17-15(20)16-8-13-4-2-6-18(9-13)10-14-5-3-7-21-14/h3,5,7,12-13,19H,2,4,6,8-11H2,1H3,(H2,16,17,20)/t12-,13?/m0/s1. The Morgan fingerprint density at radius 2 is 2.48 bits per heavy atom. The van der Waals surface area contributed by atoms with Crippen molar-refractivity contribution >= 4 is 17.4 Å². The summed E-state index contributed by atoms with van der Waals surface area (Å²) in [5.41, 5.74) is 0. The number of likely N-dealkylation sites (tertiary alicyclic amines) is 1. The summed E-state index contributed by atoms with van der Waals surface area (Å²) in [6, 6.07) is 3.88. The van der Waals surface area contributed by atoms with Gasteiger partial charge in [-0.15, -0.1) is 11.3 Å². The lowest BCUT2D eigenvalue weighted by Gasteiger charge is -2.32. The van der Waals surface area contributed by atoms with Gasteiger partial charge in [-0.1, -0.05) is 6.07 Å². The van der Waals surface area contributed by atoms with Gasteiger partial charge < -0.3 is 15.7 Å². The number of aliphatic hydroxyl groups is 1. The molecule has 0 aliphatic carbocycles. The van der Waals surface area contributed by atoms with Gasteiger partial charge in [0.25, 0.3) is 0 Å². The zero-order valence-corrected chi connectivity index (χ0v) is 13.4. The van der Waals surface area contributed by atoms with Crippen LogP contribution in [0.4, 0.5) is 4.79 Å². The van der Waals surface area contributed by atoms with Crippen LogP contribution in [0.3, 0.4) is 0 Å². The minimum absolute atomic E-state index is 0.0363. The molecule has 1 aromatic heterocycles. The van der Waals surface area contributed by atoms with Crippen molar-refractivity contribution in [3.8, 4) is 0 Å². The number of rotatable bonds is 6. The first-order valence-electron chi connectivity index (χ1n) is 7.57. The minimum atomic E-state index is -0.202. The third-order valence-corrected chi connectivity index (χ3v) is 4.63. The van der Waals surface area contributed by atoms with Gasteiger partial charge in [-0.3, -0.25) is 4.90 Å². The van der Waals surface area contributed by atoms with Crippen molar-refractivity contribution in [2.45, 2.75) is 32.4 Å². The summed E-state index contributed by atoms with van der Waals surface area (Å²) in [5.74, 6) is 0.508. The minimum Gasteiger partial charge on any atom is -0.394 e. The SMILES string of the molecule is C[C@@H](CO)NC(=O)NCC1CCCN(Cc2cccs2)C1. The molecule has 21 heavy (non-hydrogen) atoms. The first-order chi connectivity index (χ1) is 10.2. The van der Waals surface area contributed by atoms with Gasteiger partial charge >= 0.3 is 6.03 Å². The van der Waals surface area contributed by atoms with Crippen LogP contribution in [0.5, 0.6) is 0 Å². The van der Waals surface area contributed by atoms with Crippen LogP contribution in [0.15, 0.2) is 17.5 Å². The Labute approximate surface area is 130 Å². The molecule has 1 aliphatic heterocycles. The third-order valence-electron chi connectivity index (χ3n) is 3.77. The van der Waals surface area contributed by atoms with Crippen LogP contribution in [-0.2, 0) is 6.54 Å². The van der Waals surface area contributed by atoms with E-state index in [0.29, 0.717) is 12.5 Å². The van der Waals surface area contributed by atoms with E-state index in [2.05, 4.69) is 33.0 Å². The zero-order chi connectivity index (χ0) is 15.1. The van der Waals surface area contributed by atoms with Crippen molar-refractivity contribution in [1.82, 2.24) is 15.5 Å². The van der Waals surface area contributed by atoms with Crippen molar-refractivity contribution in [3.05, 3.63) is 22.4 Å². The van der Waals surface area contributed by atoms with E-state index in [9.17, 15) is 4.79 Å². The third kappa shape index (κ3) is 5.65. The molecular formula is C15H25N3O2S. The Hall–Kier alpha value is -1.11. The van der Waals surface area contributed by atoms with Gasteiger partial charge in [-0.2, -0.15) is 0 Å². The number of thiophene rings is 1. The first kappa shape index (κ1) is 16.3. The number of carbonyl (C=O) groups is 1. The monoisotopic (exact) mass is 311 g/mol. The summed E-state index contributed by atoms with van der Waals surface area (Å²) in [7, 11) is 0. The second-order valence-corrected chi connectivity index (χ2v) is 6.79.